The summed E-state index contributed by atoms with van der Waals surface area (Å²) < 4.78 is 16.9. The van der Waals surface area contributed by atoms with Crippen LogP contribution in [0.4, 0.5) is 0 Å². The summed E-state index contributed by atoms with van der Waals surface area (Å²) in [4.78, 5) is 0. The van der Waals surface area contributed by atoms with Crippen molar-refractivity contribution in [3.8, 4) is 17.2 Å². The van der Waals surface area contributed by atoms with Gasteiger partial charge in [-0.25, -0.2) is 0 Å². The zero-order valence-corrected chi connectivity index (χ0v) is 12.6. The van der Waals surface area contributed by atoms with Crippen LogP contribution in [-0.2, 0) is 13.0 Å². The number of fused-ring (bicyclic) bond motifs is 3. The van der Waals surface area contributed by atoms with Crippen LogP contribution in [-0.4, -0.2) is 20.4 Å². The van der Waals surface area contributed by atoms with Gasteiger partial charge in [0.05, 0.1) is 19.3 Å². The van der Waals surface area contributed by atoms with E-state index in [1.807, 2.05) is 12.1 Å². The Labute approximate surface area is 130 Å². The van der Waals surface area contributed by atoms with E-state index in [2.05, 4.69) is 29.6 Å². The maximum atomic E-state index is 6.09. The van der Waals surface area contributed by atoms with Gasteiger partial charge < -0.3 is 14.2 Å². The number of ether oxygens (including phenoxy) is 3. The van der Waals surface area contributed by atoms with E-state index in [0.717, 1.165) is 35.8 Å². The number of hydrogen-bond donors (Lipinski definition) is 1. The minimum absolute atomic E-state index is 0.383. The first-order valence-electron chi connectivity index (χ1n) is 7.60. The number of methoxy groups -OCH3 is 1. The summed E-state index contributed by atoms with van der Waals surface area (Å²) in [6.45, 7) is 2.09. The lowest BCUT2D eigenvalue weighted by atomic mass is 9.89. The van der Waals surface area contributed by atoms with E-state index in [9.17, 15) is 0 Å². The van der Waals surface area contributed by atoms with Crippen molar-refractivity contribution in [3.63, 3.8) is 0 Å². The van der Waals surface area contributed by atoms with Crippen molar-refractivity contribution < 1.29 is 14.2 Å². The second kappa shape index (κ2) is 5.54. The van der Waals surface area contributed by atoms with Crippen molar-refractivity contribution in [2.24, 2.45) is 0 Å². The second-order valence-electron chi connectivity index (χ2n) is 5.73. The van der Waals surface area contributed by atoms with Gasteiger partial charge in [-0.2, -0.15) is 0 Å². The molecule has 0 radical (unpaired) electrons. The van der Waals surface area contributed by atoms with Gasteiger partial charge in [-0.05, 0) is 35.7 Å². The highest BCUT2D eigenvalue weighted by atomic mass is 16.5. The fraction of sp³-hybridized carbons (Fsp3) is 0.333. The van der Waals surface area contributed by atoms with E-state index < -0.39 is 0 Å². The number of nitrogens with one attached hydrogen (secondary N) is 1. The molecule has 0 saturated carbocycles. The molecule has 1 unspecified atom stereocenters. The molecule has 4 nitrogen and oxygen atoms in total. The second-order valence-corrected chi connectivity index (χ2v) is 5.73. The lowest BCUT2D eigenvalue weighted by Gasteiger charge is -2.30. The molecule has 1 N–H and O–H groups in total. The normalized spacial score (nSPS) is 19.4. The predicted molar refractivity (Wildman–Crippen MR) is 83.7 cm³/mol. The third-order valence-corrected chi connectivity index (χ3v) is 4.41. The maximum absolute atomic E-state index is 6.09. The van der Waals surface area contributed by atoms with E-state index in [4.69, 9.17) is 14.2 Å². The predicted octanol–water partition coefficient (Wildman–Crippen LogP) is 2.85. The van der Waals surface area contributed by atoms with Gasteiger partial charge in [0.2, 0.25) is 0 Å². The van der Waals surface area contributed by atoms with Crippen LogP contribution in [0, 0.1) is 0 Å². The van der Waals surface area contributed by atoms with Crippen LogP contribution in [0.3, 0.4) is 0 Å². The van der Waals surface area contributed by atoms with Crippen LogP contribution >= 0.6 is 0 Å². The van der Waals surface area contributed by atoms with Crippen LogP contribution in [0.25, 0.3) is 0 Å². The summed E-state index contributed by atoms with van der Waals surface area (Å²) in [6.07, 6.45) is 0.995. The molecule has 2 aromatic rings. The summed E-state index contributed by atoms with van der Waals surface area (Å²) in [7, 11) is 1.69. The Morgan fingerprint density at radius 3 is 2.77 bits per heavy atom. The maximum Gasteiger partial charge on any atom is 0.139 e. The van der Waals surface area contributed by atoms with E-state index in [0.29, 0.717) is 19.3 Å². The van der Waals surface area contributed by atoms with Crippen molar-refractivity contribution in [2.45, 2.75) is 18.9 Å². The molecule has 2 aliphatic heterocycles. The molecule has 0 aromatic heterocycles. The van der Waals surface area contributed by atoms with Gasteiger partial charge in [0, 0.05) is 12.5 Å². The van der Waals surface area contributed by atoms with Crippen LogP contribution in [0.15, 0.2) is 36.4 Å². The number of hydrogen-bond acceptors (Lipinski definition) is 4. The van der Waals surface area contributed by atoms with Crippen molar-refractivity contribution >= 4 is 0 Å². The molecule has 2 heterocycles. The highest BCUT2D eigenvalue weighted by molar-refractivity contribution is 5.52. The highest BCUT2D eigenvalue weighted by Crippen LogP contribution is 2.40. The van der Waals surface area contributed by atoms with E-state index >= 15 is 0 Å². The molecular weight excluding hydrogens is 278 g/mol. The zero-order valence-electron chi connectivity index (χ0n) is 12.6. The molecule has 22 heavy (non-hydrogen) atoms. The Balaban J connectivity index is 1.61. The van der Waals surface area contributed by atoms with Crippen molar-refractivity contribution in [2.75, 3.05) is 20.4 Å². The first-order valence-corrected chi connectivity index (χ1v) is 7.60. The first-order chi connectivity index (χ1) is 10.8. The summed E-state index contributed by atoms with van der Waals surface area (Å²) >= 11 is 0. The van der Waals surface area contributed by atoms with Crippen molar-refractivity contribution in [3.05, 3.63) is 53.1 Å². The van der Waals surface area contributed by atoms with Gasteiger partial charge in [0.15, 0.2) is 0 Å². The Morgan fingerprint density at radius 1 is 1.09 bits per heavy atom. The minimum Gasteiger partial charge on any atom is -0.497 e. The summed E-state index contributed by atoms with van der Waals surface area (Å²) in [6, 6.07) is 12.5. The largest absolute Gasteiger partial charge is 0.497 e. The molecule has 114 valence electrons. The van der Waals surface area contributed by atoms with Crippen LogP contribution < -0.4 is 19.5 Å². The molecule has 0 bridgehead atoms. The molecule has 0 amide bonds. The third kappa shape index (κ3) is 2.29. The standard InChI is InChI=1S/C18H19NO3/c1-20-15-5-2-12(3-6-15)14-8-13-4-7-17-16(9-19-11-22-17)18(13)21-10-14/h2-7,14,19H,8-11H2,1H3. The molecule has 0 aliphatic carbocycles. The van der Waals surface area contributed by atoms with Crippen LogP contribution in [0.1, 0.15) is 22.6 Å². The summed E-state index contributed by atoms with van der Waals surface area (Å²) in [5.41, 5.74) is 3.70. The van der Waals surface area contributed by atoms with Gasteiger partial charge in [-0.15, -0.1) is 0 Å². The highest BCUT2D eigenvalue weighted by Gasteiger charge is 2.26. The lowest BCUT2D eigenvalue weighted by molar-refractivity contribution is 0.231. The first kappa shape index (κ1) is 13.5. The zero-order chi connectivity index (χ0) is 14.9. The van der Waals surface area contributed by atoms with E-state index in [1.54, 1.807) is 7.11 Å². The smallest absolute Gasteiger partial charge is 0.139 e. The topological polar surface area (TPSA) is 39.7 Å². The fourth-order valence-electron chi connectivity index (χ4n) is 3.20. The van der Waals surface area contributed by atoms with Gasteiger partial charge in [0.1, 0.15) is 24.0 Å². The van der Waals surface area contributed by atoms with E-state index in [-0.39, 0.29) is 0 Å². The summed E-state index contributed by atoms with van der Waals surface area (Å²) in [5.74, 6) is 3.22. The molecule has 4 heteroatoms. The quantitative estimate of drug-likeness (QED) is 0.925. The van der Waals surface area contributed by atoms with Crippen LogP contribution in [0.5, 0.6) is 17.2 Å². The van der Waals surface area contributed by atoms with E-state index in [1.165, 1.54) is 11.1 Å². The Morgan fingerprint density at radius 2 is 1.95 bits per heavy atom. The van der Waals surface area contributed by atoms with Gasteiger partial charge >= 0.3 is 0 Å². The fourth-order valence-corrected chi connectivity index (χ4v) is 3.20. The van der Waals surface area contributed by atoms with Crippen molar-refractivity contribution in [1.82, 2.24) is 5.32 Å². The Bertz CT molecular complexity index is 681. The molecule has 0 saturated heterocycles. The monoisotopic (exact) mass is 297 g/mol. The summed E-state index contributed by atoms with van der Waals surface area (Å²) in [5, 5.41) is 3.23. The number of rotatable bonds is 2. The Kier molecular flexibility index (Phi) is 3.39. The molecule has 4 rings (SSSR count). The molecule has 2 aromatic carbocycles. The average molecular weight is 297 g/mol. The molecule has 2 aliphatic rings. The average Bonchev–Trinajstić information content (AvgIpc) is 2.61. The van der Waals surface area contributed by atoms with Gasteiger partial charge in [-0.1, -0.05) is 18.2 Å². The van der Waals surface area contributed by atoms with Crippen molar-refractivity contribution in [1.29, 1.82) is 0 Å². The lowest BCUT2D eigenvalue weighted by Crippen LogP contribution is -2.28. The molecule has 0 fully saturated rings. The van der Waals surface area contributed by atoms with Crippen LogP contribution in [0.2, 0.25) is 0 Å². The molecule has 0 spiro atoms. The number of benzene rings is 2. The molecular formula is C18H19NO3. The molecule has 1 atom stereocenters. The van der Waals surface area contributed by atoms with Gasteiger partial charge in [0.25, 0.3) is 0 Å². The Hall–Kier alpha value is -2.20. The van der Waals surface area contributed by atoms with Gasteiger partial charge in [-0.3, -0.25) is 5.32 Å². The minimum atomic E-state index is 0.383. The SMILES string of the molecule is COc1ccc(C2COc3c(ccc4c3CNCO4)C2)cc1. The third-order valence-electron chi connectivity index (χ3n) is 4.41.